The fourth-order valence-corrected chi connectivity index (χ4v) is 4.31. The quantitative estimate of drug-likeness (QED) is 0.230. The van der Waals surface area contributed by atoms with Gasteiger partial charge in [0.2, 0.25) is 0 Å². The Morgan fingerprint density at radius 2 is 1.69 bits per heavy atom. The molecule has 200 valence electrons. The molecule has 0 saturated carbocycles. The molecule has 0 radical (unpaired) electrons. The molecule has 2 aromatic carbocycles. The Bertz CT molecular complexity index is 1610. The second-order valence-electron chi connectivity index (χ2n) is 9.07. The van der Waals surface area contributed by atoms with Gasteiger partial charge in [-0.25, -0.2) is 9.37 Å². The van der Waals surface area contributed by atoms with E-state index in [1.807, 2.05) is 24.3 Å². The number of nitrogens with zero attached hydrogens (tertiary/aromatic N) is 3. The number of nitrogens with two attached hydrogens (primary N) is 2. The summed E-state index contributed by atoms with van der Waals surface area (Å²) in [6.07, 6.45) is 5.04. The third-order valence-corrected chi connectivity index (χ3v) is 6.33. The van der Waals surface area contributed by atoms with Crippen LogP contribution in [0.15, 0.2) is 67.1 Å². The van der Waals surface area contributed by atoms with E-state index in [1.165, 1.54) is 12.1 Å². The van der Waals surface area contributed by atoms with Gasteiger partial charge < -0.3 is 31.0 Å². The third-order valence-electron chi connectivity index (χ3n) is 6.33. The van der Waals surface area contributed by atoms with E-state index in [-0.39, 0.29) is 18.5 Å². The van der Waals surface area contributed by atoms with Gasteiger partial charge >= 0.3 is 0 Å². The number of fused-ring (bicyclic) bond motifs is 3. The lowest BCUT2D eigenvalue weighted by molar-refractivity contribution is 0.283. The minimum absolute atomic E-state index is 0.255. The molecule has 0 aliphatic carbocycles. The first-order valence-corrected chi connectivity index (χ1v) is 12.3. The summed E-state index contributed by atoms with van der Waals surface area (Å²) in [5.41, 5.74) is 15.7. The SMILES string of the molecule is COc1cc2ncc3c(N)nc(-c4cncc(OC[C@@H](N)CNCc5ccc(F)cc5)c4)cc3c2cc1OC. The highest BCUT2D eigenvalue weighted by Gasteiger charge is 2.14. The lowest BCUT2D eigenvalue weighted by Gasteiger charge is -2.15. The van der Waals surface area contributed by atoms with Gasteiger partial charge in [0.05, 0.1) is 37.7 Å². The normalized spacial score (nSPS) is 12.0. The Kier molecular flexibility index (Phi) is 7.67. The van der Waals surface area contributed by atoms with Gasteiger partial charge in [0, 0.05) is 47.9 Å². The highest BCUT2D eigenvalue weighted by molar-refractivity contribution is 6.10. The van der Waals surface area contributed by atoms with Crippen molar-refractivity contribution < 1.29 is 18.6 Å². The van der Waals surface area contributed by atoms with Crippen molar-refractivity contribution in [1.82, 2.24) is 20.3 Å². The molecule has 0 bridgehead atoms. The molecule has 0 aliphatic heterocycles. The average molecular weight is 529 g/mol. The van der Waals surface area contributed by atoms with Crippen LogP contribution in [0.5, 0.6) is 17.2 Å². The highest BCUT2D eigenvalue weighted by atomic mass is 19.1. The largest absolute Gasteiger partial charge is 0.493 e. The van der Waals surface area contributed by atoms with Crippen LogP contribution in [0.2, 0.25) is 0 Å². The summed E-state index contributed by atoms with van der Waals surface area (Å²) in [7, 11) is 3.18. The summed E-state index contributed by atoms with van der Waals surface area (Å²) in [5.74, 6) is 1.85. The Balaban J connectivity index is 1.33. The zero-order valence-corrected chi connectivity index (χ0v) is 21.6. The molecule has 5 rings (SSSR count). The Labute approximate surface area is 224 Å². The van der Waals surface area contributed by atoms with Gasteiger partial charge in [0.1, 0.15) is 24.0 Å². The van der Waals surface area contributed by atoms with E-state index in [0.29, 0.717) is 41.8 Å². The average Bonchev–Trinajstić information content (AvgIpc) is 2.96. The fourth-order valence-electron chi connectivity index (χ4n) is 4.31. The second-order valence-corrected chi connectivity index (χ2v) is 9.07. The number of pyridine rings is 3. The zero-order chi connectivity index (χ0) is 27.4. The summed E-state index contributed by atoms with van der Waals surface area (Å²) >= 11 is 0. The molecule has 5 aromatic rings. The maximum atomic E-state index is 13.1. The van der Waals surface area contributed by atoms with E-state index in [4.69, 9.17) is 25.7 Å². The molecular weight excluding hydrogens is 499 g/mol. The number of rotatable bonds is 10. The topological polar surface area (TPSA) is 130 Å². The fraction of sp³-hybridized carbons (Fsp3) is 0.207. The number of nitrogen functional groups attached to an aromatic ring is 1. The van der Waals surface area contributed by atoms with Crippen molar-refractivity contribution in [3.05, 3.63) is 78.5 Å². The maximum absolute atomic E-state index is 13.1. The van der Waals surface area contributed by atoms with Crippen LogP contribution in [0.1, 0.15) is 5.56 Å². The molecule has 0 spiro atoms. The molecule has 9 nitrogen and oxygen atoms in total. The van der Waals surface area contributed by atoms with E-state index in [1.54, 1.807) is 44.9 Å². The molecule has 5 N–H and O–H groups in total. The Morgan fingerprint density at radius 3 is 2.46 bits per heavy atom. The third kappa shape index (κ3) is 5.82. The Morgan fingerprint density at radius 1 is 0.923 bits per heavy atom. The van der Waals surface area contributed by atoms with Gasteiger partial charge in [-0.3, -0.25) is 9.97 Å². The lowest BCUT2D eigenvalue weighted by Crippen LogP contribution is -2.38. The van der Waals surface area contributed by atoms with Crippen LogP contribution in [0.25, 0.3) is 32.9 Å². The van der Waals surface area contributed by atoms with Crippen molar-refractivity contribution in [1.29, 1.82) is 0 Å². The van der Waals surface area contributed by atoms with Crippen molar-refractivity contribution in [3.8, 4) is 28.5 Å². The van der Waals surface area contributed by atoms with Gasteiger partial charge in [-0.2, -0.15) is 0 Å². The molecule has 10 heteroatoms. The monoisotopic (exact) mass is 528 g/mol. The van der Waals surface area contributed by atoms with Crippen molar-refractivity contribution in [2.24, 2.45) is 5.73 Å². The second kappa shape index (κ2) is 11.5. The summed E-state index contributed by atoms with van der Waals surface area (Å²) < 4.78 is 29.9. The van der Waals surface area contributed by atoms with E-state index >= 15 is 0 Å². The van der Waals surface area contributed by atoms with Crippen LogP contribution in [0.4, 0.5) is 10.2 Å². The van der Waals surface area contributed by atoms with Crippen molar-refractivity contribution in [3.63, 3.8) is 0 Å². The standard InChI is InChI=1S/C29H29FN6O3/c1-37-27-9-23-22-8-25(36-29(32)24(22)15-35-26(23)10-28(27)38-2)18-7-21(14-34-12-18)39-16-20(31)13-33-11-17-3-5-19(30)6-4-17/h3-10,12,14-15,20,33H,11,13,16,31H2,1-2H3,(H2,32,36)/t20-/m0/s1. The van der Waals surface area contributed by atoms with Gasteiger partial charge in [-0.15, -0.1) is 0 Å². The van der Waals surface area contributed by atoms with E-state index in [0.717, 1.165) is 32.8 Å². The van der Waals surface area contributed by atoms with Crippen molar-refractivity contribution in [2.45, 2.75) is 12.6 Å². The first kappa shape index (κ1) is 26.1. The predicted octanol–water partition coefficient (Wildman–Crippen LogP) is 4.08. The van der Waals surface area contributed by atoms with Crippen LogP contribution < -0.4 is 31.0 Å². The van der Waals surface area contributed by atoms with Gasteiger partial charge in [0.15, 0.2) is 11.5 Å². The van der Waals surface area contributed by atoms with Crippen LogP contribution in [-0.4, -0.2) is 48.4 Å². The van der Waals surface area contributed by atoms with Crippen molar-refractivity contribution in [2.75, 3.05) is 33.1 Å². The zero-order valence-electron chi connectivity index (χ0n) is 21.6. The molecule has 3 heterocycles. The number of nitrogens with one attached hydrogen (secondary N) is 1. The highest BCUT2D eigenvalue weighted by Crippen LogP contribution is 2.37. The van der Waals surface area contributed by atoms with Gasteiger partial charge in [0.25, 0.3) is 0 Å². The molecule has 0 fully saturated rings. The van der Waals surface area contributed by atoms with Gasteiger partial charge in [-0.05, 0) is 41.3 Å². The molecule has 1 atom stereocenters. The summed E-state index contributed by atoms with van der Waals surface area (Å²) in [6.45, 7) is 1.40. The summed E-state index contributed by atoms with van der Waals surface area (Å²) in [5, 5.41) is 5.73. The van der Waals surface area contributed by atoms with Crippen LogP contribution >= 0.6 is 0 Å². The Hall–Kier alpha value is -4.54. The maximum Gasteiger partial charge on any atom is 0.162 e. The first-order valence-electron chi connectivity index (χ1n) is 12.3. The number of ether oxygens (including phenoxy) is 3. The van der Waals surface area contributed by atoms with E-state index < -0.39 is 0 Å². The molecule has 0 saturated heterocycles. The molecule has 39 heavy (non-hydrogen) atoms. The van der Waals surface area contributed by atoms with Crippen LogP contribution in [-0.2, 0) is 6.54 Å². The summed E-state index contributed by atoms with van der Waals surface area (Å²) in [4.78, 5) is 13.5. The number of halogens is 1. The smallest absolute Gasteiger partial charge is 0.162 e. The minimum Gasteiger partial charge on any atom is -0.493 e. The predicted molar refractivity (Wildman–Crippen MR) is 149 cm³/mol. The van der Waals surface area contributed by atoms with Crippen LogP contribution in [0.3, 0.4) is 0 Å². The number of anilines is 1. The van der Waals surface area contributed by atoms with E-state index in [9.17, 15) is 4.39 Å². The molecule has 0 unspecified atom stereocenters. The first-order chi connectivity index (χ1) is 18.9. The lowest BCUT2D eigenvalue weighted by atomic mass is 10.0. The summed E-state index contributed by atoms with van der Waals surface area (Å²) in [6, 6.07) is 13.6. The molecular formula is C29H29FN6O3. The molecule has 0 amide bonds. The van der Waals surface area contributed by atoms with E-state index in [2.05, 4.69) is 20.3 Å². The number of hydrogen-bond donors (Lipinski definition) is 3. The molecule has 3 aromatic heterocycles. The number of methoxy groups -OCH3 is 2. The van der Waals surface area contributed by atoms with Gasteiger partial charge in [-0.1, -0.05) is 12.1 Å². The number of benzene rings is 2. The minimum atomic E-state index is -0.257. The number of aromatic nitrogens is 3. The molecule has 0 aliphatic rings. The number of hydrogen-bond acceptors (Lipinski definition) is 9. The van der Waals surface area contributed by atoms with Crippen molar-refractivity contribution >= 4 is 27.5 Å². The van der Waals surface area contributed by atoms with Crippen LogP contribution in [0, 0.1) is 5.82 Å².